The molecular formula is C7H9ClF2N2O. The van der Waals surface area contributed by atoms with E-state index in [0.29, 0.717) is 5.69 Å². The summed E-state index contributed by atoms with van der Waals surface area (Å²) in [6.45, 7) is 1.52. The SMILES string of the molecule is Cc1nn(C)c(Cl)c1C(O)C(F)F. The lowest BCUT2D eigenvalue weighted by Crippen LogP contribution is -2.09. The zero-order chi connectivity index (χ0) is 10.2. The zero-order valence-corrected chi connectivity index (χ0v) is 7.89. The van der Waals surface area contributed by atoms with Crippen LogP contribution in [-0.4, -0.2) is 21.3 Å². The minimum atomic E-state index is -2.85. The van der Waals surface area contributed by atoms with Gasteiger partial charge in [0, 0.05) is 12.6 Å². The minimum Gasteiger partial charge on any atom is -0.382 e. The van der Waals surface area contributed by atoms with Gasteiger partial charge in [0.25, 0.3) is 6.43 Å². The molecular weight excluding hydrogens is 202 g/mol. The maximum absolute atomic E-state index is 12.1. The Balaban J connectivity index is 3.13. The largest absolute Gasteiger partial charge is 0.382 e. The number of hydrogen-bond acceptors (Lipinski definition) is 2. The van der Waals surface area contributed by atoms with Crippen molar-refractivity contribution in [1.29, 1.82) is 0 Å². The molecule has 0 spiro atoms. The second-order valence-corrected chi connectivity index (χ2v) is 3.05. The molecule has 1 atom stereocenters. The van der Waals surface area contributed by atoms with Gasteiger partial charge in [-0.15, -0.1) is 0 Å². The van der Waals surface area contributed by atoms with Crippen LogP contribution in [0.25, 0.3) is 0 Å². The highest BCUT2D eigenvalue weighted by molar-refractivity contribution is 6.30. The van der Waals surface area contributed by atoms with Gasteiger partial charge in [-0.05, 0) is 6.92 Å². The average Bonchev–Trinajstić information content (AvgIpc) is 2.26. The smallest absolute Gasteiger partial charge is 0.268 e. The molecule has 0 saturated carbocycles. The highest BCUT2D eigenvalue weighted by Crippen LogP contribution is 2.29. The van der Waals surface area contributed by atoms with Crippen molar-refractivity contribution >= 4 is 11.6 Å². The van der Waals surface area contributed by atoms with Crippen LogP contribution in [0.2, 0.25) is 5.15 Å². The predicted octanol–water partition coefficient (Wildman–Crippen LogP) is 1.68. The topological polar surface area (TPSA) is 38.0 Å². The summed E-state index contributed by atoms with van der Waals surface area (Å²) >= 11 is 5.66. The molecule has 1 unspecified atom stereocenters. The van der Waals surface area contributed by atoms with E-state index in [-0.39, 0.29) is 10.7 Å². The van der Waals surface area contributed by atoms with Crippen molar-refractivity contribution in [3.8, 4) is 0 Å². The van der Waals surface area contributed by atoms with Crippen molar-refractivity contribution in [3.63, 3.8) is 0 Å². The normalized spacial score (nSPS) is 13.8. The van der Waals surface area contributed by atoms with Crippen LogP contribution in [0.1, 0.15) is 17.4 Å². The van der Waals surface area contributed by atoms with E-state index >= 15 is 0 Å². The lowest BCUT2D eigenvalue weighted by Gasteiger charge is -2.08. The van der Waals surface area contributed by atoms with Crippen molar-refractivity contribution in [2.24, 2.45) is 7.05 Å². The quantitative estimate of drug-likeness (QED) is 0.807. The molecule has 0 bridgehead atoms. The van der Waals surface area contributed by atoms with Crippen LogP contribution in [0, 0.1) is 6.92 Å². The molecule has 0 fully saturated rings. The van der Waals surface area contributed by atoms with Crippen LogP contribution in [0.5, 0.6) is 0 Å². The van der Waals surface area contributed by atoms with Gasteiger partial charge in [-0.1, -0.05) is 11.6 Å². The number of aliphatic hydroxyl groups is 1. The van der Waals surface area contributed by atoms with E-state index < -0.39 is 12.5 Å². The Hall–Kier alpha value is -0.680. The lowest BCUT2D eigenvalue weighted by atomic mass is 10.1. The molecule has 1 heterocycles. The lowest BCUT2D eigenvalue weighted by molar-refractivity contribution is -0.00610. The fourth-order valence-corrected chi connectivity index (χ4v) is 1.39. The van der Waals surface area contributed by atoms with Crippen molar-refractivity contribution in [3.05, 3.63) is 16.4 Å². The van der Waals surface area contributed by atoms with Crippen molar-refractivity contribution < 1.29 is 13.9 Å². The molecule has 0 aliphatic carbocycles. The second kappa shape index (κ2) is 3.59. The van der Waals surface area contributed by atoms with Crippen LogP contribution in [0.15, 0.2) is 0 Å². The number of hydrogen-bond donors (Lipinski definition) is 1. The van der Waals surface area contributed by atoms with Crippen LogP contribution in [0.4, 0.5) is 8.78 Å². The van der Waals surface area contributed by atoms with E-state index in [0.717, 1.165) is 0 Å². The van der Waals surface area contributed by atoms with Crippen molar-refractivity contribution in [1.82, 2.24) is 9.78 Å². The maximum Gasteiger partial charge on any atom is 0.268 e. The molecule has 13 heavy (non-hydrogen) atoms. The van der Waals surface area contributed by atoms with E-state index in [4.69, 9.17) is 16.7 Å². The number of aryl methyl sites for hydroxylation is 2. The summed E-state index contributed by atoms with van der Waals surface area (Å²) < 4.78 is 25.5. The van der Waals surface area contributed by atoms with Gasteiger partial charge < -0.3 is 5.11 Å². The Kier molecular flexibility index (Phi) is 2.87. The third kappa shape index (κ3) is 1.81. The number of nitrogens with zero attached hydrogens (tertiary/aromatic N) is 2. The van der Waals surface area contributed by atoms with Gasteiger partial charge in [0.15, 0.2) is 0 Å². The molecule has 6 heteroatoms. The first-order valence-electron chi connectivity index (χ1n) is 3.60. The minimum absolute atomic E-state index is 0.000772. The Labute approximate surface area is 78.9 Å². The van der Waals surface area contributed by atoms with Gasteiger partial charge in [0.1, 0.15) is 11.3 Å². The molecule has 0 aliphatic rings. The zero-order valence-electron chi connectivity index (χ0n) is 7.13. The van der Waals surface area contributed by atoms with E-state index in [1.807, 2.05) is 0 Å². The Bertz CT molecular complexity index is 314. The highest BCUT2D eigenvalue weighted by Gasteiger charge is 2.26. The Morgan fingerprint density at radius 3 is 2.38 bits per heavy atom. The predicted molar refractivity (Wildman–Crippen MR) is 43.9 cm³/mol. The summed E-state index contributed by atoms with van der Waals surface area (Å²) in [5, 5.41) is 12.9. The van der Waals surface area contributed by atoms with E-state index in [1.165, 1.54) is 18.7 Å². The summed E-state index contributed by atoms with van der Waals surface area (Å²) in [5.74, 6) is 0. The van der Waals surface area contributed by atoms with E-state index in [9.17, 15) is 8.78 Å². The molecule has 0 radical (unpaired) electrons. The van der Waals surface area contributed by atoms with Gasteiger partial charge in [0.2, 0.25) is 0 Å². The highest BCUT2D eigenvalue weighted by atomic mass is 35.5. The first-order valence-corrected chi connectivity index (χ1v) is 3.98. The molecule has 1 aromatic rings. The Morgan fingerprint density at radius 1 is 1.54 bits per heavy atom. The number of rotatable bonds is 2. The summed E-state index contributed by atoms with van der Waals surface area (Å²) in [7, 11) is 1.52. The van der Waals surface area contributed by atoms with Crippen molar-refractivity contribution in [2.45, 2.75) is 19.5 Å². The standard InChI is InChI=1S/C7H9ClF2N2O/c1-3-4(5(13)7(9)10)6(8)12(2)11-3/h5,7,13H,1-2H3. The monoisotopic (exact) mass is 210 g/mol. The van der Waals surface area contributed by atoms with E-state index in [1.54, 1.807) is 0 Å². The third-order valence-electron chi connectivity index (χ3n) is 1.73. The van der Waals surface area contributed by atoms with Gasteiger partial charge >= 0.3 is 0 Å². The Morgan fingerprint density at radius 2 is 2.08 bits per heavy atom. The summed E-state index contributed by atoms with van der Waals surface area (Å²) in [6, 6.07) is 0. The fourth-order valence-electron chi connectivity index (χ4n) is 1.11. The second-order valence-electron chi connectivity index (χ2n) is 2.69. The first-order chi connectivity index (χ1) is 5.95. The van der Waals surface area contributed by atoms with Gasteiger partial charge in [-0.3, -0.25) is 4.68 Å². The molecule has 0 aromatic carbocycles. The van der Waals surface area contributed by atoms with Crippen LogP contribution < -0.4 is 0 Å². The fraction of sp³-hybridized carbons (Fsp3) is 0.571. The number of alkyl halides is 2. The summed E-state index contributed by atoms with van der Waals surface area (Å²) in [5.41, 5.74) is 0.319. The molecule has 1 N–H and O–H groups in total. The molecule has 74 valence electrons. The van der Waals surface area contributed by atoms with Crippen molar-refractivity contribution in [2.75, 3.05) is 0 Å². The first kappa shape index (κ1) is 10.4. The maximum atomic E-state index is 12.1. The number of aliphatic hydroxyl groups excluding tert-OH is 1. The third-order valence-corrected chi connectivity index (χ3v) is 2.18. The van der Waals surface area contributed by atoms with Crippen LogP contribution >= 0.6 is 11.6 Å². The van der Waals surface area contributed by atoms with Gasteiger partial charge in [-0.25, -0.2) is 8.78 Å². The summed E-state index contributed by atoms with van der Waals surface area (Å²) in [4.78, 5) is 0. The average molecular weight is 211 g/mol. The molecule has 0 aliphatic heterocycles. The molecule has 0 saturated heterocycles. The molecule has 1 aromatic heterocycles. The number of aromatic nitrogens is 2. The summed E-state index contributed by atoms with van der Waals surface area (Å²) in [6.07, 6.45) is -4.71. The van der Waals surface area contributed by atoms with Crippen LogP contribution in [0.3, 0.4) is 0 Å². The molecule has 3 nitrogen and oxygen atoms in total. The molecule has 0 amide bonds. The van der Waals surface area contributed by atoms with Crippen LogP contribution in [-0.2, 0) is 7.05 Å². The van der Waals surface area contributed by atoms with Gasteiger partial charge in [-0.2, -0.15) is 5.10 Å². The van der Waals surface area contributed by atoms with Gasteiger partial charge in [0.05, 0.1) is 5.69 Å². The van der Waals surface area contributed by atoms with E-state index in [2.05, 4.69) is 5.10 Å². The number of halogens is 3. The molecule has 1 rings (SSSR count).